The lowest BCUT2D eigenvalue weighted by Gasteiger charge is -1.96. The highest BCUT2D eigenvalue weighted by molar-refractivity contribution is 5.91. The van der Waals surface area contributed by atoms with E-state index in [1.54, 1.807) is 24.3 Å². The molecule has 0 saturated heterocycles. The number of hydrogen-bond donors (Lipinski definition) is 0. The van der Waals surface area contributed by atoms with E-state index in [0.717, 1.165) is 0 Å². The molecule has 0 N–H and O–H groups in total. The molecule has 0 amide bonds. The third-order valence-corrected chi connectivity index (χ3v) is 1.24. The van der Waals surface area contributed by atoms with E-state index in [2.05, 4.69) is 4.74 Å². The van der Waals surface area contributed by atoms with Gasteiger partial charge >= 0.3 is 5.97 Å². The van der Waals surface area contributed by atoms with Crippen molar-refractivity contribution in [2.45, 2.75) is 27.7 Å². The summed E-state index contributed by atoms with van der Waals surface area (Å²) in [5.74, 6) is -0.314. The zero-order valence-electron chi connectivity index (χ0n) is 9.70. The molecule has 2 heteroatoms. The second kappa shape index (κ2) is 11.7. The zero-order chi connectivity index (χ0) is 11.4. The van der Waals surface area contributed by atoms with Crippen LogP contribution in [0.2, 0.25) is 0 Å². The van der Waals surface area contributed by atoms with Crippen molar-refractivity contribution in [3.63, 3.8) is 0 Å². The second-order valence-corrected chi connectivity index (χ2v) is 2.14. The van der Waals surface area contributed by atoms with Crippen molar-refractivity contribution in [1.29, 1.82) is 0 Å². The maximum atomic E-state index is 11.0. The first-order chi connectivity index (χ1) is 6.76. The number of ether oxygens (including phenoxy) is 1. The Labute approximate surface area is 87.0 Å². The average molecular weight is 196 g/mol. The van der Waals surface area contributed by atoms with Crippen LogP contribution in [0.3, 0.4) is 0 Å². The lowest BCUT2D eigenvalue weighted by Crippen LogP contribution is -2.01. The Morgan fingerprint density at radius 2 is 1.71 bits per heavy atom. The van der Waals surface area contributed by atoms with E-state index in [-0.39, 0.29) is 5.97 Å². The second-order valence-electron chi connectivity index (χ2n) is 2.14. The van der Waals surface area contributed by atoms with E-state index in [1.165, 1.54) is 7.11 Å². The molecule has 0 spiro atoms. The fourth-order valence-electron chi connectivity index (χ4n) is 0.689. The van der Waals surface area contributed by atoms with Gasteiger partial charge < -0.3 is 4.74 Å². The molecule has 0 rings (SSSR count). The van der Waals surface area contributed by atoms with Crippen molar-refractivity contribution < 1.29 is 9.53 Å². The van der Waals surface area contributed by atoms with Gasteiger partial charge in [0.15, 0.2) is 0 Å². The van der Waals surface area contributed by atoms with E-state index in [9.17, 15) is 4.79 Å². The number of methoxy groups -OCH3 is 1. The Hall–Kier alpha value is -1.31. The molecule has 0 aromatic heterocycles. The van der Waals surface area contributed by atoms with Gasteiger partial charge in [0.25, 0.3) is 0 Å². The Morgan fingerprint density at radius 1 is 1.14 bits per heavy atom. The molecule has 0 bridgehead atoms. The van der Waals surface area contributed by atoms with Gasteiger partial charge in [0.1, 0.15) is 0 Å². The van der Waals surface area contributed by atoms with E-state index in [4.69, 9.17) is 0 Å². The number of hydrogen-bond acceptors (Lipinski definition) is 2. The number of allylic oxidation sites excluding steroid dienone is 4. The topological polar surface area (TPSA) is 26.3 Å². The predicted octanol–water partition coefficient (Wildman–Crippen LogP) is 3.26. The number of carbonyl (C=O) groups is 1. The van der Waals surface area contributed by atoms with Gasteiger partial charge in [0.05, 0.1) is 12.7 Å². The molecule has 0 aromatic rings. The fourth-order valence-corrected chi connectivity index (χ4v) is 0.689. The van der Waals surface area contributed by atoms with Crippen LogP contribution in [0.5, 0.6) is 0 Å². The smallest absolute Gasteiger partial charge is 0.337 e. The third kappa shape index (κ3) is 7.35. The van der Waals surface area contributed by atoms with E-state index in [0.29, 0.717) is 5.57 Å². The van der Waals surface area contributed by atoms with Crippen molar-refractivity contribution in [1.82, 2.24) is 0 Å². The molecule has 0 saturated carbocycles. The molecule has 0 aliphatic heterocycles. The SMILES string of the molecule is CC.C\C=C/C(=C\C=C\C)C(=O)OC. The molecule has 80 valence electrons. The van der Waals surface area contributed by atoms with Gasteiger partial charge in [-0.05, 0) is 19.9 Å². The van der Waals surface area contributed by atoms with E-state index in [1.807, 2.05) is 33.8 Å². The van der Waals surface area contributed by atoms with Gasteiger partial charge in [-0.3, -0.25) is 0 Å². The lowest BCUT2D eigenvalue weighted by atomic mass is 10.2. The molecular weight excluding hydrogens is 176 g/mol. The van der Waals surface area contributed by atoms with Crippen molar-refractivity contribution in [2.75, 3.05) is 7.11 Å². The molecule has 0 aromatic carbocycles. The minimum atomic E-state index is -0.314. The summed E-state index contributed by atoms with van der Waals surface area (Å²) >= 11 is 0. The van der Waals surface area contributed by atoms with Gasteiger partial charge in [0.2, 0.25) is 0 Å². The number of esters is 1. The first-order valence-electron chi connectivity index (χ1n) is 4.80. The molecule has 0 aliphatic rings. The maximum absolute atomic E-state index is 11.0. The van der Waals surface area contributed by atoms with E-state index >= 15 is 0 Å². The zero-order valence-corrected chi connectivity index (χ0v) is 9.70. The normalized spacial score (nSPS) is 11.4. The number of rotatable bonds is 3. The van der Waals surface area contributed by atoms with Crippen molar-refractivity contribution in [3.8, 4) is 0 Å². The largest absolute Gasteiger partial charge is 0.465 e. The fraction of sp³-hybridized carbons (Fsp3) is 0.417. The van der Waals surface area contributed by atoms with Crippen LogP contribution in [0, 0.1) is 0 Å². The van der Waals surface area contributed by atoms with Gasteiger partial charge in [-0.2, -0.15) is 0 Å². The Kier molecular flexibility index (Phi) is 12.7. The van der Waals surface area contributed by atoms with Gasteiger partial charge in [0, 0.05) is 0 Å². The Bertz CT molecular complexity index is 222. The third-order valence-electron chi connectivity index (χ3n) is 1.24. The summed E-state index contributed by atoms with van der Waals surface area (Å²) in [6.45, 7) is 7.74. The monoisotopic (exact) mass is 196 g/mol. The molecule has 0 atom stereocenters. The highest BCUT2D eigenvalue weighted by Crippen LogP contribution is 2.00. The van der Waals surface area contributed by atoms with Gasteiger partial charge in [-0.25, -0.2) is 4.79 Å². The molecule has 0 radical (unpaired) electrons. The standard InChI is InChI=1S/C10H14O2.C2H6/c1-4-6-8-9(7-5-2)10(11)12-3;1-2/h4-8H,1-3H3;1-2H3/b6-4+,7-5-,9-8+;. The van der Waals surface area contributed by atoms with Crippen LogP contribution in [0.15, 0.2) is 36.0 Å². The van der Waals surface area contributed by atoms with Crippen LogP contribution < -0.4 is 0 Å². The Morgan fingerprint density at radius 3 is 2.07 bits per heavy atom. The van der Waals surface area contributed by atoms with Crippen molar-refractivity contribution in [2.24, 2.45) is 0 Å². The molecule has 0 aliphatic carbocycles. The highest BCUT2D eigenvalue weighted by Gasteiger charge is 2.02. The van der Waals surface area contributed by atoms with Crippen LogP contribution in [0.4, 0.5) is 0 Å². The summed E-state index contributed by atoms with van der Waals surface area (Å²) in [6, 6.07) is 0. The van der Waals surface area contributed by atoms with Crippen LogP contribution in [-0.4, -0.2) is 13.1 Å². The summed E-state index contributed by atoms with van der Waals surface area (Å²) in [6.07, 6.45) is 8.88. The van der Waals surface area contributed by atoms with Gasteiger partial charge in [-0.1, -0.05) is 38.2 Å². The summed E-state index contributed by atoms with van der Waals surface area (Å²) in [4.78, 5) is 11.0. The predicted molar refractivity (Wildman–Crippen MR) is 61.1 cm³/mol. The summed E-state index contributed by atoms with van der Waals surface area (Å²) in [5.41, 5.74) is 0.554. The summed E-state index contributed by atoms with van der Waals surface area (Å²) < 4.78 is 4.57. The minimum absolute atomic E-state index is 0.314. The van der Waals surface area contributed by atoms with Gasteiger partial charge in [-0.15, -0.1) is 0 Å². The van der Waals surface area contributed by atoms with Crippen molar-refractivity contribution in [3.05, 3.63) is 36.0 Å². The molecule has 0 fully saturated rings. The molecular formula is C12H20O2. The molecule has 14 heavy (non-hydrogen) atoms. The quantitative estimate of drug-likeness (QED) is 0.393. The van der Waals surface area contributed by atoms with Crippen LogP contribution in [0.25, 0.3) is 0 Å². The minimum Gasteiger partial charge on any atom is -0.465 e. The molecule has 2 nitrogen and oxygen atoms in total. The van der Waals surface area contributed by atoms with Crippen LogP contribution in [-0.2, 0) is 9.53 Å². The van der Waals surface area contributed by atoms with Crippen LogP contribution >= 0.6 is 0 Å². The molecule has 0 heterocycles. The van der Waals surface area contributed by atoms with Crippen molar-refractivity contribution >= 4 is 5.97 Å². The summed E-state index contributed by atoms with van der Waals surface area (Å²) in [5, 5.41) is 0. The average Bonchev–Trinajstić information content (AvgIpc) is 2.26. The van der Waals surface area contributed by atoms with E-state index < -0.39 is 0 Å². The summed E-state index contributed by atoms with van der Waals surface area (Å²) in [7, 11) is 1.37. The highest BCUT2D eigenvalue weighted by atomic mass is 16.5. The molecule has 0 unspecified atom stereocenters. The van der Waals surface area contributed by atoms with Crippen LogP contribution in [0.1, 0.15) is 27.7 Å². The number of carbonyl (C=O) groups excluding carboxylic acids is 1. The Balaban J connectivity index is 0. The first kappa shape index (κ1) is 15.2. The first-order valence-corrected chi connectivity index (χ1v) is 4.80. The lowest BCUT2D eigenvalue weighted by molar-refractivity contribution is -0.135. The maximum Gasteiger partial charge on any atom is 0.337 e.